The van der Waals surface area contributed by atoms with Crippen LogP contribution in [0.4, 0.5) is 4.79 Å². The van der Waals surface area contributed by atoms with Crippen molar-refractivity contribution in [3.8, 4) is 11.5 Å². The summed E-state index contributed by atoms with van der Waals surface area (Å²) in [6.07, 6.45) is 0.562. The maximum Gasteiger partial charge on any atom is 0.407 e. The average Bonchev–Trinajstić information content (AvgIpc) is 2.62. The maximum absolute atomic E-state index is 11.5. The summed E-state index contributed by atoms with van der Waals surface area (Å²) in [6, 6.07) is 3.91. The lowest BCUT2D eigenvalue weighted by atomic mass is 10.2. The van der Waals surface area contributed by atoms with Crippen LogP contribution in [0.2, 0.25) is 0 Å². The molecule has 0 aliphatic rings. The van der Waals surface area contributed by atoms with Crippen LogP contribution in [-0.2, 0) is 14.2 Å². The average molecular weight is 635 g/mol. The van der Waals surface area contributed by atoms with Gasteiger partial charge >= 0.3 is 6.09 Å². The molecule has 0 aliphatic heterocycles. The van der Waals surface area contributed by atoms with Gasteiger partial charge in [-0.1, -0.05) is 6.92 Å². The van der Waals surface area contributed by atoms with Crippen LogP contribution in [0.5, 0.6) is 11.5 Å². The van der Waals surface area contributed by atoms with Crippen molar-refractivity contribution in [1.82, 2.24) is 5.32 Å². The summed E-state index contributed by atoms with van der Waals surface area (Å²) in [4.78, 5) is 11.5. The molecule has 166 valence electrons. The quantitative estimate of drug-likeness (QED) is 0.252. The zero-order valence-corrected chi connectivity index (χ0v) is 21.8. The third-order valence-electron chi connectivity index (χ3n) is 3.22. The highest BCUT2D eigenvalue weighted by molar-refractivity contribution is 14.1. The second kappa shape index (κ2) is 14.5. The van der Waals surface area contributed by atoms with Crippen LogP contribution < -0.4 is 14.8 Å². The molecule has 0 spiro atoms. The zero-order chi connectivity index (χ0) is 21.7. The SMILES string of the molecule is CCCOCCOc1cc(I)c(OCCOCCNC(=O)OC(C)(C)C)cc1I. The largest absolute Gasteiger partial charge is 0.490 e. The number of amides is 1. The molecule has 1 amide bonds. The molecule has 0 unspecified atom stereocenters. The van der Waals surface area contributed by atoms with Gasteiger partial charge in [0.25, 0.3) is 0 Å². The van der Waals surface area contributed by atoms with E-state index in [-0.39, 0.29) is 0 Å². The minimum absolute atomic E-state index is 0.387. The highest BCUT2D eigenvalue weighted by Crippen LogP contribution is 2.31. The van der Waals surface area contributed by atoms with Gasteiger partial charge in [-0.3, -0.25) is 0 Å². The van der Waals surface area contributed by atoms with Crippen molar-refractivity contribution in [1.29, 1.82) is 0 Å². The van der Waals surface area contributed by atoms with Gasteiger partial charge in [0.1, 0.15) is 30.3 Å². The van der Waals surface area contributed by atoms with Crippen LogP contribution >= 0.6 is 45.2 Å². The summed E-state index contributed by atoms with van der Waals surface area (Å²) >= 11 is 4.46. The molecule has 1 N–H and O–H groups in total. The van der Waals surface area contributed by atoms with Crippen molar-refractivity contribution in [2.24, 2.45) is 0 Å². The van der Waals surface area contributed by atoms with Gasteiger partial charge in [-0.05, 0) is 84.5 Å². The van der Waals surface area contributed by atoms with Gasteiger partial charge in [0.05, 0.1) is 27.0 Å². The molecule has 0 aliphatic carbocycles. The number of rotatable bonds is 13. The first-order chi connectivity index (χ1) is 13.7. The van der Waals surface area contributed by atoms with Gasteiger partial charge in [-0.25, -0.2) is 4.79 Å². The number of nitrogens with one attached hydrogen (secondary N) is 1. The van der Waals surface area contributed by atoms with Crippen LogP contribution in [0.1, 0.15) is 34.1 Å². The van der Waals surface area contributed by atoms with Crippen molar-refractivity contribution < 1.29 is 28.5 Å². The molecule has 9 heteroatoms. The van der Waals surface area contributed by atoms with Crippen LogP contribution in [-0.4, -0.2) is 57.9 Å². The van der Waals surface area contributed by atoms with E-state index in [0.717, 1.165) is 31.7 Å². The molecule has 0 heterocycles. The number of hydrogen-bond acceptors (Lipinski definition) is 6. The molecule has 1 aromatic carbocycles. The van der Waals surface area contributed by atoms with Crippen LogP contribution in [0, 0.1) is 7.14 Å². The van der Waals surface area contributed by atoms with E-state index in [0.29, 0.717) is 39.6 Å². The topological polar surface area (TPSA) is 75.3 Å². The molecular formula is C20H31I2NO6. The summed E-state index contributed by atoms with van der Waals surface area (Å²) in [5.41, 5.74) is -0.503. The van der Waals surface area contributed by atoms with Crippen molar-refractivity contribution >= 4 is 51.3 Å². The summed E-state index contributed by atoms with van der Waals surface area (Å²) in [6.45, 7) is 11.0. The fourth-order valence-electron chi connectivity index (χ4n) is 2.04. The number of carbonyl (C=O) groups excluding carboxylic acids is 1. The second-order valence-electron chi connectivity index (χ2n) is 7.06. The Morgan fingerprint density at radius 3 is 1.90 bits per heavy atom. The number of benzene rings is 1. The number of halogens is 2. The summed E-state index contributed by atoms with van der Waals surface area (Å²) in [5.74, 6) is 1.62. The molecule has 0 saturated heterocycles. The first-order valence-electron chi connectivity index (χ1n) is 9.60. The summed E-state index contributed by atoms with van der Waals surface area (Å²) in [5, 5.41) is 2.65. The third-order valence-corrected chi connectivity index (χ3v) is 4.91. The monoisotopic (exact) mass is 635 g/mol. The smallest absolute Gasteiger partial charge is 0.407 e. The zero-order valence-electron chi connectivity index (χ0n) is 17.5. The molecule has 0 radical (unpaired) electrons. The third kappa shape index (κ3) is 12.7. The van der Waals surface area contributed by atoms with E-state index < -0.39 is 11.7 Å². The molecule has 7 nitrogen and oxygen atoms in total. The molecule has 1 rings (SSSR count). The Kier molecular flexibility index (Phi) is 13.2. The standard InChI is InChI=1S/C20H31I2NO6/c1-5-7-25-9-11-27-17-13-16(22)18(14-15(17)21)28-12-10-26-8-6-23-19(24)29-20(2,3)4/h13-14H,5-12H2,1-4H3,(H,23,24). The summed E-state index contributed by atoms with van der Waals surface area (Å²) < 4.78 is 29.6. The van der Waals surface area contributed by atoms with Crippen molar-refractivity contribution in [2.45, 2.75) is 39.7 Å². The molecule has 0 fully saturated rings. The molecule has 0 saturated carbocycles. The van der Waals surface area contributed by atoms with E-state index >= 15 is 0 Å². The van der Waals surface area contributed by atoms with E-state index in [1.54, 1.807) is 0 Å². The Morgan fingerprint density at radius 1 is 0.897 bits per heavy atom. The Labute approximate surface area is 200 Å². The second-order valence-corrected chi connectivity index (χ2v) is 9.39. The first kappa shape index (κ1) is 26.5. The number of hydrogen-bond donors (Lipinski definition) is 1. The lowest BCUT2D eigenvalue weighted by Gasteiger charge is -2.19. The molecule has 1 aromatic rings. The molecule has 0 atom stereocenters. The van der Waals surface area contributed by atoms with Gasteiger partial charge < -0.3 is 29.0 Å². The van der Waals surface area contributed by atoms with Crippen LogP contribution in [0.3, 0.4) is 0 Å². The maximum atomic E-state index is 11.5. The fourth-order valence-corrected chi connectivity index (χ4v) is 3.23. The number of ether oxygens (including phenoxy) is 5. The predicted octanol–water partition coefficient (Wildman–Crippen LogP) is 4.62. The van der Waals surface area contributed by atoms with Gasteiger partial charge in [-0.2, -0.15) is 0 Å². The van der Waals surface area contributed by atoms with Crippen molar-refractivity contribution in [3.63, 3.8) is 0 Å². The lowest BCUT2D eigenvalue weighted by Crippen LogP contribution is -2.34. The van der Waals surface area contributed by atoms with Gasteiger partial charge in [-0.15, -0.1) is 0 Å². The van der Waals surface area contributed by atoms with Crippen molar-refractivity contribution in [3.05, 3.63) is 19.3 Å². The predicted molar refractivity (Wildman–Crippen MR) is 129 cm³/mol. The normalized spacial score (nSPS) is 11.2. The van der Waals surface area contributed by atoms with Crippen molar-refractivity contribution in [2.75, 3.05) is 46.2 Å². The molecule has 0 bridgehead atoms. The van der Waals surface area contributed by atoms with E-state index in [9.17, 15) is 4.79 Å². The molecule has 0 aromatic heterocycles. The Hall–Kier alpha value is -0.530. The van der Waals surface area contributed by atoms with E-state index in [2.05, 4.69) is 57.4 Å². The highest BCUT2D eigenvalue weighted by atomic mass is 127. The summed E-state index contributed by atoms with van der Waals surface area (Å²) in [7, 11) is 0. The fraction of sp³-hybridized carbons (Fsp3) is 0.650. The van der Waals surface area contributed by atoms with Gasteiger partial charge in [0.2, 0.25) is 0 Å². The van der Waals surface area contributed by atoms with E-state index in [4.69, 9.17) is 23.7 Å². The minimum Gasteiger partial charge on any atom is -0.490 e. The Balaban J connectivity index is 2.24. The highest BCUT2D eigenvalue weighted by Gasteiger charge is 2.15. The van der Waals surface area contributed by atoms with E-state index in [1.165, 1.54) is 0 Å². The first-order valence-corrected chi connectivity index (χ1v) is 11.8. The number of alkyl carbamates (subject to hydrolysis) is 1. The molecular weight excluding hydrogens is 604 g/mol. The minimum atomic E-state index is -0.503. The Bertz CT molecular complexity index is 622. The van der Waals surface area contributed by atoms with E-state index in [1.807, 2.05) is 32.9 Å². The molecule has 29 heavy (non-hydrogen) atoms. The number of carbonyl (C=O) groups is 1. The van der Waals surface area contributed by atoms with Gasteiger partial charge in [0.15, 0.2) is 0 Å². The van der Waals surface area contributed by atoms with Crippen LogP contribution in [0.25, 0.3) is 0 Å². The van der Waals surface area contributed by atoms with Crippen LogP contribution in [0.15, 0.2) is 12.1 Å². The lowest BCUT2D eigenvalue weighted by molar-refractivity contribution is 0.0488. The Morgan fingerprint density at radius 2 is 1.41 bits per heavy atom. The van der Waals surface area contributed by atoms with Gasteiger partial charge in [0, 0.05) is 13.2 Å².